The quantitative estimate of drug-likeness (QED) is 0.504. The third-order valence-electron chi connectivity index (χ3n) is 4.19. The highest BCUT2D eigenvalue weighted by molar-refractivity contribution is 7.16. The van der Waals surface area contributed by atoms with Crippen LogP contribution in [-0.4, -0.2) is 20.3 Å². The van der Waals surface area contributed by atoms with Crippen molar-refractivity contribution in [3.8, 4) is 0 Å². The molecule has 138 valence electrons. The molecule has 0 aliphatic rings. The number of nitro benzene ring substituents is 2. The van der Waals surface area contributed by atoms with Crippen molar-refractivity contribution in [2.75, 3.05) is 0 Å². The molecule has 0 unspecified atom stereocenters. The molecule has 0 fully saturated rings. The van der Waals surface area contributed by atoms with Gasteiger partial charge in [-0.05, 0) is 37.1 Å². The fraction of sp³-hybridized carbons (Fsp3) is 0.176. The van der Waals surface area contributed by atoms with E-state index in [9.17, 15) is 25.0 Å². The van der Waals surface area contributed by atoms with E-state index in [4.69, 9.17) is 0 Å². The molecule has 0 saturated carbocycles. The van der Waals surface area contributed by atoms with E-state index < -0.39 is 27.1 Å². The Morgan fingerprint density at radius 3 is 2.11 bits per heavy atom. The summed E-state index contributed by atoms with van der Waals surface area (Å²) in [5.74, 6) is -0.780. The molecule has 3 aromatic rings. The lowest BCUT2D eigenvalue weighted by molar-refractivity contribution is -0.394. The van der Waals surface area contributed by atoms with Crippen LogP contribution in [0.15, 0.2) is 35.3 Å². The number of hydrogen-bond donors (Lipinski definition) is 0. The predicted molar refractivity (Wildman–Crippen MR) is 99.9 cm³/mol. The summed E-state index contributed by atoms with van der Waals surface area (Å²) in [7, 11) is 1.76. The van der Waals surface area contributed by atoms with Gasteiger partial charge in [0.25, 0.3) is 17.3 Å². The molecule has 0 aliphatic carbocycles. The van der Waals surface area contributed by atoms with Crippen LogP contribution in [0.3, 0.4) is 0 Å². The van der Waals surface area contributed by atoms with Crippen molar-refractivity contribution < 1.29 is 14.6 Å². The maximum absolute atomic E-state index is 12.5. The number of benzene rings is 2. The largest absolute Gasteiger partial charge is 0.319 e. The van der Waals surface area contributed by atoms with Gasteiger partial charge in [-0.3, -0.25) is 25.0 Å². The third-order valence-corrected chi connectivity index (χ3v) is 5.29. The van der Waals surface area contributed by atoms with Crippen LogP contribution in [0.5, 0.6) is 0 Å². The van der Waals surface area contributed by atoms with Crippen molar-refractivity contribution in [3.63, 3.8) is 0 Å². The zero-order valence-corrected chi connectivity index (χ0v) is 15.4. The van der Waals surface area contributed by atoms with Crippen LogP contribution in [0.25, 0.3) is 10.2 Å². The number of rotatable bonds is 3. The van der Waals surface area contributed by atoms with E-state index >= 15 is 0 Å². The Hall–Kier alpha value is -3.40. The first-order chi connectivity index (χ1) is 12.7. The van der Waals surface area contributed by atoms with Crippen molar-refractivity contribution in [2.24, 2.45) is 12.0 Å². The van der Waals surface area contributed by atoms with Crippen LogP contribution in [0.2, 0.25) is 0 Å². The molecule has 1 amide bonds. The summed E-state index contributed by atoms with van der Waals surface area (Å²) in [6, 6.07) is 6.77. The minimum atomic E-state index is -0.783. The number of fused-ring (bicyclic) bond motifs is 1. The van der Waals surface area contributed by atoms with Crippen LogP contribution in [0.4, 0.5) is 11.4 Å². The standard InChI is InChI=1S/C17H14N4O5S/c1-9-4-14-15(5-10(9)2)27-17(19(14)3)18-16(22)11-6-12(20(23)24)8-13(7-11)21(25)26/h4-8H,1-3H3. The van der Waals surface area contributed by atoms with E-state index in [1.807, 2.05) is 26.0 Å². The number of non-ortho nitro benzene ring substituents is 2. The molecule has 27 heavy (non-hydrogen) atoms. The number of aryl methyl sites for hydroxylation is 3. The maximum Gasteiger partial charge on any atom is 0.280 e. The number of thiazole rings is 1. The lowest BCUT2D eigenvalue weighted by Gasteiger charge is -2.01. The van der Waals surface area contributed by atoms with Crippen LogP contribution < -0.4 is 4.80 Å². The molecule has 0 saturated heterocycles. The Balaban J connectivity index is 2.14. The van der Waals surface area contributed by atoms with E-state index in [-0.39, 0.29) is 5.56 Å². The molecule has 0 spiro atoms. The third kappa shape index (κ3) is 3.47. The normalized spacial score (nSPS) is 11.7. The number of carbonyl (C=O) groups is 1. The van der Waals surface area contributed by atoms with E-state index in [0.717, 1.165) is 39.5 Å². The van der Waals surface area contributed by atoms with Gasteiger partial charge in [-0.25, -0.2) is 0 Å². The molecule has 10 heteroatoms. The Morgan fingerprint density at radius 2 is 1.56 bits per heavy atom. The van der Waals surface area contributed by atoms with E-state index in [1.165, 1.54) is 11.3 Å². The molecule has 0 aliphatic heterocycles. The summed E-state index contributed by atoms with van der Waals surface area (Å²) in [6.45, 7) is 3.97. The summed E-state index contributed by atoms with van der Waals surface area (Å²) >= 11 is 1.30. The highest BCUT2D eigenvalue weighted by atomic mass is 32.1. The molecule has 0 N–H and O–H groups in total. The summed E-state index contributed by atoms with van der Waals surface area (Å²) in [5.41, 5.74) is 1.84. The Labute approximate surface area is 156 Å². The van der Waals surface area contributed by atoms with Crippen molar-refractivity contribution in [1.82, 2.24) is 4.57 Å². The topological polar surface area (TPSA) is 121 Å². The van der Waals surface area contributed by atoms with Gasteiger partial charge in [0, 0.05) is 19.2 Å². The molecule has 3 rings (SSSR count). The molecule has 0 radical (unpaired) electrons. The van der Waals surface area contributed by atoms with Crippen LogP contribution in [-0.2, 0) is 7.05 Å². The molecular weight excluding hydrogens is 372 g/mol. The summed E-state index contributed by atoms with van der Waals surface area (Å²) < 4.78 is 2.69. The number of nitro groups is 2. The Bertz CT molecular complexity index is 1160. The summed E-state index contributed by atoms with van der Waals surface area (Å²) in [6.07, 6.45) is 0. The van der Waals surface area contributed by atoms with E-state index in [1.54, 1.807) is 11.6 Å². The molecular formula is C17H14N4O5S. The highest BCUT2D eigenvalue weighted by Crippen LogP contribution is 2.24. The Morgan fingerprint density at radius 1 is 1.00 bits per heavy atom. The highest BCUT2D eigenvalue weighted by Gasteiger charge is 2.20. The average Bonchev–Trinajstić information content (AvgIpc) is 2.90. The van der Waals surface area contributed by atoms with Crippen LogP contribution >= 0.6 is 11.3 Å². The summed E-state index contributed by atoms with van der Waals surface area (Å²) in [4.78, 5) is 37.3. The van der Waals surface area contributed by atoms with Gasteiger partial charge in [0.1, 0.15) is 0 Å². The van der Waals surface area contributed by atoms with Gasteiger partial charge < -0.3 is 4.57 Å². The number of carbonyl (C=O) groups excluding carboxylic acids is 1. The second-order valence-electron chi connectivity index (χ2n) is 6.02. The molecule has 9 nitrogen and oxygen atoms in total. The fourth-order valence-corrected chi connectivity index (χ4v) is 3.66. The maximum atomic E-state index is 12.5. The molecule has 0 atom stereocenters. The van der Waals surface area contributed by atoms with Crippen molar-refractivity contribution in [3.05, 3.63) is 72.1 Å². The number of hydrogen-bond acceptors (Lipinski definition) is 6. The smallest absolute Gasteiger partial charge is 0.280 e. The van der Waals surface area contributed by atoms with Gasteiger partial charge in [0.15, 0.2) is 4.80 Å². The second-order valence-corrected chi connectivity index (χ2v) is 7.03. The van der Waals surface area contributed by atoms with Gasteiger partial charge in [0.2, 0.25) is 0 Å². The van der Waals surface area contributed by atoms with Gasteiger partial charge >= 0.3 is 0 Å². The first kappa shape index (κ1) is 18.4. The first-order valence-corrected chi connectivity index (χ1v) is 8.58. The average molecular weight is 386 g/mol. The lowest BCUT2D eigenvalue weighted by atomic mass is 10.1. The minimum absolute atomic E-state index is 0.208. The van der Waals surface area contributed by atoms with Gasteiger partial charge in [-0.15, -0.1) is 0 Å². The molecule has 0 bridgehead atoms. The van der Waals surface area contributed by atoms with E-state index in [0.29, 0.717) is 4.80 Å². The second kappa shape index (κ2) is 6.72. The SMILES string of the molecule is Cc1cc2sc(=NC(=O)c3cc([N+](=O)[O-])cc([N+](=O)[O-])c3)n(C)c2cc1C. The Kier molecular flexibility index (Phi) is 4.58. The van der Waals surface area contributed by atoms with Crippen molar-refractivity contribution in [1.29, 1.82) is 0 Å². The monoisotopic (exact) mass is 386 g/mol. The zero-order chi connectivity index (χ0) is 19.9. The molecule has 1 aromatic heterocycles. The fourth-order valence-electron chi connectivity index (χ4n) is 2.57. The molecule has 1 heterocycles. The summed E-state index contributed by atoms with van der Waals surface area (Å²) in [5, 5.41) is 22.0. The van der Waals surface area contributed by atoms with Gasteiger partial charge in [0.05, 0.1) is 31.7 Å². The van der Waals surface area contributed by atoms with Crippen molar-refractivity contribution in [2.45, 2.75) is 13.8 Å². The van der Waals surface area contributed by atoms with Crippen molar-refractivity contribution >= 4 is 38.8 Å². The van der Waals surface area contributed by atoms with Crippen LogP contribution in [0.1, 0.15) is 21.5 Å². The number of nitrogens with zero attached hydrogens (tertiary/aromatic N) is 4. The minimum Gasteiger partial charge on any atom is -0.319 e. The zero-order valence-electron chi connectivity index (χ0n) is 14.6. The lowest BCUT2D eigenvalue weighted by Crippen LogP contribution is -2.13. The van der Waals surface area contributed by atoms with Gasteiger partial charge in [-0.1, -0.05) is 11.3 Å². The number of amides is 1. The predicted octanol–water partition coefficient (Wildman–Crippen LogP) is 3.41. The van der Waals surface area contributed by atoms with E-state index in [2.05, 4.69) is 4.99 Å². The van der Waals surface area contributed by atoms with Crippen LogP contribution in [0, 0.1) is 34.1 Å². The number of aromatic nitrogens is 1. The molecule has 2 aromatic carbocycles. The first-order valence-electron chi connectivity index (χ1n) is 7.77. The van der Waals surface area contributed by atoms with Gasteiger partial charge in [-0.2, -0.15) is 4.99 Å².